The number of nitrogens with zero attached hydrogens (tertiary/aromatic N) is 4. The molecule has 2 bridgehead atoms. The van der Waals surface area contributed by atoms with Gasteiger partial charge in [0.15, 0.2) is 0 Å². The number of aromatic nitrogens is 2. The van der Waals surface area contributed by atoms with Crippen LogP contribution in [0.25, 0.3) is 0 Å². The molecule has 4 heterocycles. The van der Waals surface area contributed by atoms with E-state index >= 15 is 0 Å². The third kappa shape index (κ3) is 3.66. The highest BCUT2D eigenvalue weighted by atomic mass is 32.1. The number of rotatable bonds is 4. The molecule has 3 aliphatic heterocycles. The zero-order valence-electron chi connectivity index (χ0n) is 17.8. The standard InChI is InChI=1S/C23H32N4OS/c1-15(2)22-24-25-23(29-22)26-12-16-11-18(14-26)21-6-4-5-20(27(21)13-16)17-7-9-19(28-3)10-8-17/h7-10,15-16,18,20-21H,4-6,11-14H2,1-3H3/t16-,18+,20+,21-/m0/s1. The van der Waals surface area contributed by atoms with Gasteiger partial charge in [0.25, 0.3) is 0 Å². The van der Waals surface area contributed by atoms with Gasteiger partial charge in [-0.2, -0.15) is 0 Å². The van der Waals surface area contributed by atoms with Crippen LogP contribution < -0.4 is 9.64 Å². The van der Waals surface area contributed by atoms with Crippen LogP contribution in [0, 0.1) is 11.8 Å². The van der Waals surface area contributed by atoms with Gasteiger partial charge in [0.2, 0.25) is 5.13 Å². The molecule has 1 aromatic carbocycles. The van der Waals surface area contributed by atoms with Gasteiger partial charge in [0, 0.05) is 37.6 Å². The van der Waals surface area contributed by atoms with Gasteiger partial charge in [-0.3, -0.25) is 4.90 Å². The third-order valence-corrected chi connectivity index (χ3v) is 8.37. The molecule has 3 saturated heterocycles. The van der Waals surface area contributed by atoms with E-state index < -0.39 is 0 Å². The van der Waals surface area contributed by atoms with Crippen LogP contribution in [0.5, 0.6) is 5.75 Å². The number of methoxy groups -OCH3 is 1. The summed E-state index contributed by atoms with van der Waals surface area (Å²) in [7, 11) is 1.74. The summed E-state index contributed by atoms with van der Waals surface area (Å²) in [6.45, 7) is 7.88. The molecule has 6 heteroatoms. The van der Waals surface area contributed by atoms with Crippen LogP contribution in [0.15, 0.2) is 24.3 Å². The number of hydrogen-bond acceptors (Lipinski definition) is 6. The van der Waals surface area contributed by atoms with Gasteiger partial charge in [0.05, 0.1) is 7.11 Å². The van der Waals surface area contributed by atoms with Crippen molar-refractivity contribution in [3.05, 3.63) is 34.8 Å². The van der Waals surface area contributed by atoms with Crippen LogP contribution in [0.4, 0.5) is 5.13 Å². The highest BCUT2D eigenvalue weighted by Gasteiger charge is 2.45. The van der Waals surface area contributed by atoms with E-state index in [1.54, 1.807) is 18.4 Å². The number of hydrogen-bond donors (Lipinski definition) is 0. The number of benzene rings is 1. The molecule has 0 spiro atoms. The Kier molecular flexibility index (Phi) is 5.25. The highest BCUT2D eigenvalue weighted by Crippen LogP contribution is 2.45. The molecule has 29 heavy (non-hydrogen) atoms. The molecule has 4 atom stereocenters. The molecular weight excluding hydrogens is 380 g/mol. The van der Waals surface area contributed by atoms with E-state index in [0.29, 0.717) is 18.0 Å². The van der Waals surface area contributed by atoms with Gasteiger partial charge >= 0.3 is 0 Å². The van der Waals surface area contributed by atoms with E-state index in [9.17, 15) is 0 Å². The van der Waals surface area contributed by atoms with Crippen molar-refractivity contribution < 1.29 is 4.74 Å². The molecule has 3 fully saturated rings. The number of fused-ring (bicyclic) bond motifs is 4. The van der Waals surface area contributed by atoms with Gasteiger partial charge < -0.3 is 9.64 Å². The van der Waals surface area contributed by atoms with Crippen LogP contribution in [-0.4, -0.2) is 47.9 Å². The van der Waals surface area contributed by atoms with Crippen molar-refractivity contribution >= 4 is 16.5 Å². The molecule has 0 N–H and O–H groups in total. The molecule has 156 valence electrons. The van der Waals surface area contributed by atoms with Crippen molar-refractivity contribution in [1.29, 1.82) is 0 Å². The fourth-order valence-electron chi connectivity index (χ4n) is 5.74. The average Bonchev–Trinajstić information content (AvgIpc) is 3.24. The summed E-state index contributed by atoms with van der Waals surface area (Å²) in [4.78, 5) is 5.39. The third-order valence-electron chi connectivity index (χ3n) is 7.08. The summed E-state index contributed by atoms with van der Waals surface area (Å²) in [6, 6.07) is 10.0. The molecule has 0 radical (unpaired) electrons. The van der Waals surface area contributed by atoms with E-state index in [4.69, 9.17) is 4.74 Å². The Morgan fingerprint density at radius 2 is 1.90 bits per heavy atom. The van der Waals surface area contributed by atoms with Gasteiger partial charge in [-0.05, 0) is 55.2 Å². The van der Waals surface area contributed by atoms with Crippen LogP contribution in [0.3, 0.4) is 0 Å². The lowest BCUT2D eigenvalue weighted by atomic mass is 9.74. The van der Waals surface area contributed by atoms with Crippen LogP contribution in [0.2, 0.25) is 0 Å². The Hall–Kier alpha value is -1.66. The summed E-state index contributed by atoms with van der Waals surface area (Å²) < 4.78 is 5.36. The maximum absolute atomic E-state index is 5.36. The minimum Gasteiger partial charge on any atom is -0.497 e. The Balaban J connectivity index is 1.34. The van der Waals surface area contributed by atoms with Gasteiger partial charge in [-0.15, -0.1) is 10.2 Å². The summed E-state index contributed by atoms with van der Waals surface area (Å²) in [5.41, 5.74) is 1.46. The average molecular weight is 413 g/mol. The quantitative estimate of drug-likeness (QED) is 0.727. The van der Waals surface area contributed by atoms with Crippen molar-refractivity contribution in [3.63, 3.8) is 0 Å². The van der Waals surface area contributed by atoms with E-state index in [0.717, 1.165) is 40.8 Å². The number of anilines is 1. The predicted molar refractivity (Wildman–Crippen MR) is 118 cm³/mol. The van der Waals surface area contributed by atoms with Crippen LogP contribution >= 0.6 is 11.3 Å². The molecular formula is C23H32N4OS. The van der Waals surface area contributed by atoms with E-state index in [1.807, 2.05) is 0 Å². The Labute approximate surface area is 178 Å². The second kappa shape index (κ2) is 7.88. The van der Waals surface area contributed by atoms with E-state index in [1.165, 1.54) is 37.8 Å². The summed E-state index contributed by atoms with van der Waals surface area (Å²) >= 11 is 1.79. The minimum absolute atomic E-state index is 0.463. The molecule has 2 aromatic rings. The maximum Gasteiger partial charge on any atom is 0.208 e. The molecule has 0 amide bonds. The molecule has 0 saturated carbocycles. The van der Waals surface area contributed by atoms with Crippen molar-refractivity contribution in [2.45, 2.75) is 57.5 Å². The Bertz CT molecular complexity index is 836. The molecule has 1 aromatic heterocycles. The van der Waals surface area contributed by atoms with Gasteiger partial charge in [0.1, 0.15) is 10.8 Å². The Morgan fingerprint density at radius 1 is 1.07 bits per heavy atom. The van der Waals surface area contributed by atoms with E-state index in [-0.39, 0.29) is 0 Å². The number of piperidine rings is 3. The van der Waals surface area contributed by atoms with E-state index in [2.05, 4.69) is 58.1 Å². The smallest absolute Gasteiger partial charge is 0.208 e. The van der Waals surface area contributed by atoms with Gasteiger partial charge in [-0.25, -0.2) is 0 Å². The SMILES string of the molecule is COc1ccc([C@H]2CCC[C@H]3[C@@H]4C[C@@H](CN(c5nnc(C(C)C)s5)C4)CN23)cc1. The normalized spacial score (nSPS) is 29.7. The van der Waals surface area contributed by atoms with Crippen molar-refractivity contribution in [1.82, 2.24) is 15.1 Å². The molecule has 0 aliphatic carbocycles. The van der Waals surface area contributed by atoms with Crippen LogP contribution in [-0.2, 0) is 0 Å². The molecule has 3 aliphatic rings. The fraction of sp³-hybridized carbons (Fsp3) is 0.652. The van der Waals surface area contributed by atoms with Gasteiger partial charge in [-0.1, -0.05) is 37.3 Å². The van der Waals surface area contributed by atoms with Crippen molar-refractivity contribution in [3.8, 4) is 5.75 Å². The first-order valence-electron chi connectivity index (χ1n) is 11.1. The minimum atomic E-state index is 0.463. The lowest BCUT2D eigenvalue weighted by Gasteiger charge is -2.55. The topological polar surface area (TPSA) is 41.5 Å². The lowest BCUT2D eigenvalue weighted by Crippen LogP contribution is -2.59. The zero-order valence-corrected chi connectivity index (χ0v) is 18.6. The number of ether oxygens (including phenoxy) is 1. The monoisotopic (exact) mass is 412 g/mol. The molecule has 0 unspecified atom stereocenters. The summed E-state index contributed by atoms with van der Waals surface area (Å²) in [5.74, 6) is 2.89. The van der Waals surface area contributed by atoms with Crippen molar-refractivity contribution in [2.75, 3.05) is 31.6 Å². The lowest BCUT2D eigenvalue weighted by molar-refractivity contribution is -0.0200. The fourth-order valence-corrected chi connectivity index (χ4v) is 6.60. The highest BCUT2D eigenvalue weighted by molar-refractivity contribution is 7.15. The first-order chi connectivity index (χ1) is 14.1. The summed E-state index contributed by atoms with van der Waals surface area (Å²) in [5, 5.41) is 11.3. The molecule has 5 nitrogen and oxygen atoms in total. The first-order valence-corrected chi connectivity index (χ1v) is 11.9. The Morgan fingerprint density at radius 3 is 2.62 bits per heavy atom. The first kappa shape index (κ1) is 19.3. The second-order valence-corrected chi connectivity index (χ2v) is 10.3. The molecule has 5 rings (SSSR count). The maximum atomic E-state index is 5.36. The van der Waals surface area contributed by atoms with Crippen LogP contribution in [0.1, 0.15) is 62.1 Å². The predicted octanol–water partition coefficient (Wildman–Crippen LogP) is 4.72. The second-order valence-electron chi connectivity index (χ2n) is 9.33. The largest absolute Gasteiger partial charge is 0.497 e. The zero-order chi connectivity index (χ0) is 20.0. The summed E-state index contributed by atoms with van der Waals surface area (Å²) in [6.07, 6.45) is 5.32. The van der Waals surface area contributed by atoms with Crippen molar-refractivity contribution in [2.24, 2.45) is 11.8 Å².